The minimum Gasteiger partial charge on any atom is -0.370 e. The van der Waals surface area contributed by atoms with Gasteiger partial charge < -0.3 is 15.5 Å². The highest BCUT2D eigenvalue weighted by Crippen LogP contribution is 2.05. The van der Waals surface area contributed by atoms with E-state index in [1.807, 2.05) is 26.0 Å². The molecule has 1 rings (SSSR count). The second-order valence-corrected chi connectivity index (χ2v) is 4.80. The molecule has 0 saturated carbocycles. The summed E-state index contributed by atoms with van der Waals surface area (Å²) in [5.74, 6) is 0.612. The first-order chi connectivity index (χ1) is 9.60. The van der Waals surface area contributed by atoms with Crippen LogP contribution in [0.25, 0.3) is 0 Å². The number of aromatic nitrogens is 1. The van der Waals surface area contributed by atoms with Crippen molar-refractivity contribution in [2.75, 3.05) is 31.5 Å². The van der Waals surface area contributed by atoms with Gasteiger partial charge in [0.25, 0.3) is 5.91 Å². The fraction of sp³-hybridized carbons (Fsp3) is 0.600. The van der Waals surface area contributed by atoms with Gasteiger partial charge in [-0.15, -0.1) is 0 Å². The minimum absolute atomic E-state index is 0.104. The molecular formula is C15H26N4O. The molecule has 0 spiro atoms. The highest BCUT2D eigenvalue weighted by atomic mass is 16.1. The van der Waals surface area contributed by atoms with Crippen molar-refractivity contribution in [3.8, 4) is 0 Å². The van der Waals surface area contributed by atoms with E-state index in [2.05, 4.69) is 34.4 Å². The molecule has 1 aromatic heterocycles. The number of likely N-dealkylation sites (N-methyl/N-ethyl adjacent to an activating group) is 1. The van der Waals surface area contributed by atoms with E-state index in [-0.39, 0.29) is 11.9 Å². The molecule has 1 unspecified atom stereocenters. The first-order valence-electron chi connectivity index (χ1n) is 7.34. The number of carbonyl (C=O) groups is 1. The number of hydrogen-bond donors (Lipinski definition) is 2. The van der Waals surface area contributed by atoms with E-state index in [9.17, 15) is 4.79 Å². The Bertz CT molecular complexity index is 418. The first kappa shape index (κ1) is 16.4. The topological polar surface area (TPSA) is 57.3 Å². The average molecular weight is 278 g/mol. The molecule has 5 heteroatoms. The first-order valence-corrected chi connectivity index (χ1v) is 7.34. The molecule has 0 radical (unpaired) electrons. The van der Waals surface area contributed by atoms with Crippen molar-refractivity contribution in [3.63, 3.8) is 0 Å². The Labute approximate surface area is 121 Å². The molecule has 1 aromatic rings. The van der Waals surface area contributed by atoms with Gasteiger partial charge in [-0.2, -0.15) is 0 Å². The van der Waals surface area contributed by atoms with Gasteiger partial charge in [0.15, 0.2) is 0 Å². The van der Waals surface area contributed by atoms with Crippen molar-refractivity contribution in [1.29, 1.82) is 0 Å². The molecule has 0 aliphatic heterocycles. The van der Waals surface area contributed by atoms with Crippen LogP contribution >= 0.6 is 0 Å². The highest BCUT2D eigenvalue weighted by Gasteiger charge is 2.13. The molecular weight excluding hydrogens is 252 g/mol. The summed E-state index contributed by atoms with van der Waals surface area (Å²) < 4.78 is 0. The summed E-state index contributed by atoms with van der Waals surface area (Å²) in [6.07, 6.45) is 0. The number of carbonyl (C=O) groups excluding carboxylic acids is 1. The van der Waals surface area contributed by atoms with Crippen LogP contribution in [0.3, 0.4) is 0 Å². The van der Waals surface area contributed by atoms with Gasteiger partial charge in [-0.1, -0.05) is 19.9 Å². The molecule has 20 heavy (non-hydrogen) atoms. The lowest BCUT2D eigenvalue weighted by Gasteiger charge is -2.23. The van der Waals surface area contributed by atoms with Crippen molar-refractivity contribution >= 4 is 11.7 Å². The maximum absolute atomic E-state index is 12.1. The molecule has 0 saturated heterocycles. The summed E-state index contributed by atoms with van der Waals surface area (Å²) in [5.41, 5.74) is 0.454. The summed E-state index contributed by atoms with van der Waals surface area (Å²) in [6.45, 7) is 11.9. The van der Waals surface area contributed by atoms with Crippen molar-refractivity contribution in [2.24, 2.45) is 0 Å². The zero-order chi connectivity index (χ0) is 15.0. The molecule has 0 aromatic carbocycles. The molecule has 0 fully saturated rings. The summed E-state index contributed by atoms with van der Waals surface area (Å²) in [4.78, 5) is 18.7. The number of rotatable bonds is 8. The van der Waals surface area contributed by atoms with E-state index in [4.69, 9.17) is 0 Å². The van der Waals surface area contributed by atoms with E-state index in [0.29, 0.717) is 5.69 Å². The Kier molecular flexibility index (Phi) is 7.01. The SMILES string of the molecule is CCNc1cccc(C(=O)NC(C)CN(CC)CC)n1. The molecule has 0 bridgehead atoms. The van der Waals surface area contributed by atoms with Gasteiger partial charge in [-0.3, -0.25) is 4.79 Å². The van der Waals surface area contributed by atoms with Crippen molar-refractivity contribution < 1.29 is 4.79 Å². The third-order valence-electron chi connectivity index (χ3n) is 3.14. The van der Waals surface area contributed by atoms with E-state index in [1.165, 1.54) is 0 Å². The van der Waals surface area contributed by atoms with Gasteiger partial charge in [0.2, 0.25) is 0 Å². The standard InChI is InChI=1S/C15H26N4O/c1-5-16-14-10-8-9-13(18-14)15(20)17-12(4)11-19(6-2)7-3/h8-10,12H,5-7,11H2,1-4H3,(H,16,18)(H,17,20). The molecule has 1 atom stereocenters. The van der Waals surface area contributed by atoms with Gasteiger partial charge in [-0.05, 0) is 39.1 Å². The number of amides is 1. The number of nitrogens with one attached hydrogen (secondary N) is 2. The number of anilines is 1. The maximum atomic E-state index is 12.1. The molecule has 112 valence electrons. The summed E-state index contributed by atoms with van der Waals surface area (Å²) >= 11 is 0. The van der Waals surface area contributed by atoms with Crippen LogP contribution < -0.4 is 10.6 Å². The van der Waals surface area contributed by atoms with Crippen LogP contribution in [0.1, 0.15) is 38.2 Å². The lowest BCUT2D eigenvalue weighted by molar-refractivity contribution is 0.0925. The predicted molar refractivity (Wildman–Crippen MR) is 83.1 cm³/mol. The summed E-state index contributed by atoms with van der Waals surface area (Å²) in [6, 6.07) is 5.54. The second-order valence-electron chi connectivity index (χ2n) is 4.80. The van der Waals surface area contributed by atoms with Crippen LogP contribution in [-0.2, 0) is 0 Å². The quantitative estimate of drug-likeness (QED) is 0.763. The lowest BCUT2D eigenvalue weighted by atomic mass is 10.2. The normalized spacial score (nSPS) is 12.2. The van der Waals surface area contributed by atoms with Crippen molar-refractivity contribution in [3.05, 3.63) is 23.9 Å². The van der Waals surface area contributed by atoms with Gasteiger partial charge in [0.1, 0.15) is 11.5 Å². The Morgan fingerprint density at radius 3 is 2.60 bits per heavy atom. The maximum Gasteiger partial charge on any atom is 0.270 e. The largest absolute Gasteiger partial charge is 0.370 e. The van der Waals surface area contributed by atoms with E-state index >= 15 is 0 Å². The zero-order valence-corrected chi connectivity index (χ0v) is 12.9. The fourth-order valence-corrected chi connectivity index (χ4v) is 2.05. The second kappa shape index (κ2) is 8.53. The Morgan fingerprint density at radius 2 is 2.00 bits per heavy atom. The third-order valence-corrected chi connectivity index (χ3v) is 3.14. The van der Waals surface area contributed by atoms with Gasteiger partial charge in [-0.25, -0.2) is 4.98 Å². The van der Waals surface area contributed by atoms with Crippen LogP contribution in [0, 0.1) is 0 Å². The average Bonchev–Trinajstić information content (AvgIpc) is 2.45. The van der Waals surface area contributed by atoms with Crippen LogP contribution in [0.2, 0.25) is 0 Å². The molecule has 1 amide bonds. The Balaban J connectivity index is 2.59. The fourth-order valence-electron chi connectivity index (χ4n) is 2.05. The van der Waals surface area contributed by atoms with E-state index in [1.54, 1.807) is 6.07 Å². The van der Waals surface area contributed by atoms with Crippen LogP contribution in [0.5, 0.6) is 0 Å². The van der Waals surface area contributed by atoms with Gasteiger partial charge in [0, 0.05) is 19.1 Å². The molecule has 1 heterocycles. The van der Waals surface area contributed by atoms with Crippen molar-refractivity contribution in [1.82, 2.24) is 15.2 Å². The lowest BCUT2D eigenvalue weighted by Crippen LogP contribution is -2.42. The molecule has 0 aliphatic rings. The zero-order valence-electron chi connectivity index (χ0n) is 12.9. The predicted octanol–water partition coefficient (Wildman–Crippen LogP) is 1.97. The van der Waals surface area contributed by atoms with Gasteiger partial charge >= 0.3 is 0 Å². The monoisotopic (exact) mass is 278 g/mol. The molecule has 0 aliphatic carbocycles. The Morgan fingerprint density at radius 1 is 1.30 bits per heavy atom. The number of pyridine rings is 1. The Hall–Kier alpha value is -1.62. The van der Waals surface area contributed by atoms with E-state index < -0.39 is 0 Å². The number of hydrogen-bond acceptors (Lipinski definition) is 4. The van der Waals surface area contributed by atoms with Gasteiger partial charge in [0.05, 0.1) is 0 Å². The molecule has 2 N–H and O–H groups in total. The minimum atomic E-state index is -0.121. The molecule has 5 nitrogen and oxygen atoms in total. The highest BCUT2D eigenvalue weighted by molar-refractivity contribution is 5.92. The van der Waals surface area contributed by atoms with Crippen LogP contribution in [-0.4, -0.2) is 48.0 Å². The summed E-state index contributed by atoms with van der Waals surface area (Å²) in [5, 5.41) is 6.10. The van der Waals surface area contributed by atoms with Crippen LogP contribution in [0.15, 0.2) is 18.2 Å². The van der Waals surface area contributed by atoms with Crippen LogP contribution in [0.4, 0.5) is 5.82 Å². The smallest absolute Gasteiger partial charge is 0.270 e. The third kappa shape index (κ3) is 5.17. The van der Waals surface area contributed by atoms with E-state index in [0.717, 1.165) is 32.0 Å². The van der Waals surface area contributed by atoms with Crippen molar-refractivity contribution in [2.45, 2.75) is 33.7 Å². The summed E-state index contributed by atoms with van der Waals surface area (Å²) in [7, 11) is 0. The number of nitrogens with zero attached hydrogens (tertiary/aromatic N) is 2.